The van der Waals surface area contributed by atoms with Crippen molar-refractivity contribution in [2.24, 2.45) is 7.05 Å². The number of halogens is 1. The number of benzene rings is 2. The number of aryl methyl sites for hydroxylation is 3. The maximum atomic E-state index is 12.5. The summed E-state index contributed by atoms with van der Waals surface area (Å²) in [5.41, 5.74) is 4.47. The van der Waals surface area contributed by atoms with Crippen molar-refractivity contribution < 1.29 is 9.59 Å². The molecule has 168 valence electrons. The van der Waals surface area contributed by atoms with Crippen LogP contribution in [0.4, 0.5) is 5.69 Å². The maximum Gasteiger partial charge on any atom is 0.253 e. The summed E-state index contributed by atoms with van der Waals surface area (Å²) < 4.78 is 1.78. The molecule has 0 fully saturated rings. The van der Waals surface area contributed by atoms with Gasteiger partial charge in [0.1, 0.15) is 0 Å². The molecule has 0 saturated heterocycles. The minimum Gasteiger partial charge on any atom is -0.342 e. The second-order valence-corrected chi connectivity index (χ2v) is 9.04. The van der Waals surface area contributed by atoms with E-state index in [1.54, 1.807) is 28.8 Å². The highest BCUT2D eigenvalue weighted by atomic mass is 35.5. The first-order valence-corrected chi connectivity index (χ1v) is 11.5. The second-order valence-electron chi connectivity index (χ2n) is 7.69. The van der Waals surface area contributed by atoms with Crippen LogP contribution in [0.5, 0.6) is 0 Å². The first-order chi connectivity index (χ1) is 15.2. The van der Waals surface area contributed by atoms with Crippen molar-refractivity contribution in [1.82, 2.24) is 20.1 Å². The van der Waals surface area contributed by atoms with Crippen LogP contribution in [0.25, 0.3) is 0 Å². The van der Waals surface area contributed by atoms with Crippen LogP contribution in [-0.2, 0) is 11.8 Å². The molecule has 7 nitrogen and oxygen atoms in total. The van der Waals surface area contributed by atoms with Gasteiger partial charge in [0.25, 0.3) is 5.91 Å². The highest BCUT2D eigenvalue weighted by molar-refractivity contribution is 7.99. The second kappa shape index (κ2) is 10.2. The Morgan fingerprint density at radius 2 is 1.78 bits per heavy atom. The fourth-order valence-corrected chi connectivity index (χ4v) is 4.44. The van der Waals surface area contributed by atoms with Gasteiger partial charge in [-0.1, -0.05) is 53.2 Å². The predicted octanol–water partition coefficient (Wildman–Crippen LogP) is 4.62. The molecule has 0 aliphatic rings. The molecule has 0 aliphatic carbocycles. The van der Waals surface area contributed by atoms with Crippen molar-refractivity contribution in [2.45, 2.75) is 38.9 Å². The van der Waals surface area contributed by atoms with E-state index in [0.717, 1.165) is 22.4 Å². The molecule has 2 aromatic carbocycles. The summed E-state index contributed by atoms with van der Waals surface area (Å²) in [7, 11) is 1.81. The quantitative estimate of drug-likeness (QED) is 0.491. The van der Waals surface area contributed by atoms with Gasteiger partial charge < -0.3 is 15.2 Å². The zero-order chi connectivity index (χ0) is 23.4. The largest absolute Gasteiger partial charge is 0.342 e. The van der Waals surface area contributed by atoms with Gasteiger partial charge in [-0.25, -0.2) is 0 Å². The number of carbonyl (C=O) groups excluding carboxylic acids is 2. The fourth-order valence-electron chi connectivity index (χ4n) is 3.50. The van der Waals surface area contributed by atoms with E-state index in [-0.39, 0.29) is 17.6 Å². The van der Waals surface area contributed by atoms with Gasteiger partial charge in [-0.15, -0.1) is 10.2 Å². The zero-order valence-electron chi connectivity index (χ0n) is 18.7. The van der Waals surface area contributed by atoms with Crippen LogP contribution < -0.4 is 10.6 Å². The van der Waals surface area contributed by atoms with E-state index in [1.165, 1.54) is 11.8 Å². The Morgan fingerprint density at radius 1 is 1.12 bits per heavy atom. The lowest BCUT2D eigenvalue weighted by molar-refractivity contribution is -0.113. The Labute approximate surface area is 197 Å². The van der Waals surface area contributed by atoms with Gasteiger partial charge >= 0.3 is 0 Å². The van der Waals surface area contributed by atoms with Gasteiger partial charge in [0.15, 0.2) is 11.0 Å². The molecule has 2 amide bonds. The summed E-state index contributed by atoms with van der Waals surface area (Å²) in [5.74, 6) is 0.371. The van der Waals surface area contributed by atoms with Crippen LogP contribution in [0.2, 0.25) is 5.02 Å². The first kappa shape index (κ1) is 23.8. The molecule has 0 unspecified atom stereocenters. The molecule has 2 N–H and O–H groups in total. The Morgan fingerprint density at radius 3 is 2.44 bits per heavy atom. The lowest BCUT2D eigenvalue weighted by Crippen LogP contribution is -2.28. The third-order valence-electron chi connectivity index (χ3n) is 5.00. The van der Waals surface area contributed by atoms with E-state index in [0.29, 0.717) is 21.6 Å². The third kappa shape index (κ3) is 5.49. The highest BCUT2D eigenvalue weighted by Crippen LogP contribution is 2.24. The van der Waals surface area contributed by atoms with Gasteiger partial charge in [0.2, 0.25) is 5.91 Å². The number of nitrogens with one attached hydrogen (secondary N) is 2. The Balaban J connectivity index is 1.61. The van der Waals surface area contributed by atoms with E-state index < -0.39 is 6.04 Å². The Hall–Kier alpha value is -2.84. The smallest absolute Gasteiger partial charge is 0.253 e. The molecule has 3 rings (SSSR count). The summed E-state index contributed by atoms with van der Waals surface area (Å²) >= 11 is 7.39. The lowest BCUT2D eigenvalue weighted by atomic mass is 10.1. The average molecular weight is 472 g/mol. The minimum atomic E-state index is -0.391. The number of hydrogen-bond acceptors (Lipinski definition) is 5. The molecule has 0 radical (unpaired) electrons. The number of hydrogen-bond donors (Lipinski definition) is 2. The molecule has 1 aromatic heterocycles. The van der Waals surface area contributed by atoms with Crippen molar-refractivity contribution in [2.75, 3.05) is 11.1 Å². The summed E-state index contributed by atoms with van der Waals surface area (Å²) in [4.78, 5) is 25.0. The number of amides is 2. The van der Waals surface area contributed by atoms with Crippen LogP contribution in [0.3, 0.4) is 0 Å². The van der Waals surface area contributed by atoms with E-state index in [1.807, 2.05) is 46.9 Å². The molecule has 32 heavy (non-hydrogen) atoms. The van der Waals surface area contributed by atoms with Crippen molar-refractivity contribution in [1.29, 1.82) is 0 Å². The number of carbonyl (C=O) groups is 2. The van der Waals surface area contributed by atoms with E-state index >= 15 is 0 Å². The highest BCUT2D eigenvalue weighted by Gasteiger charge is 2.20. The molecule has 0 aliphatic heterocycles. The van der Waals surface area contributed by atoms with Gasteiger partial charge in [-0.3, -0.25) is 9.59 Å². The molecule has 3 aromatic rings. The zero-order valence-corrected chi connectivity index (χ0v) is 20.3. The van der Waals surface area contributed by atoms with Crippen LogP contribution in [0.1, 0.15) is 45.8 Å². The van der Waals surface area contributed by atoms with Gasteiger partial charge in [0, 0.05) is 12.7 Å². The predicted molar refractivity (Wildman–Crippen MR) is 128 cm³/mol. The van der Waals surface area contributed by atoms with E-state index in [4.69, 9.17) is 11.6 Å². The minimum absolute atomic E-state index is 0.116. The van der Waals surface area contributed by atoms with Crippen molar-refractivity contribution >= 4 is 40.9 Å². The molecule has 1 atom stereocenters. The molecule has 0 bridgehead atoms. The van der Waals surface area contributed by atoms with Crippen LogP contribution in [-0.4, -0.2) is 32.3 Å². The van der Waals surface area contributed by atoms with Crippen LogP contribution in [0, 0.1) is 20.8 Å². The molecule has 9 heteroatoms. The number of thioether (sulfide) groups is 1. The number of rotatable bonds is 7. The van der Waals surface area contributed by atoms with Gasteiger partial charge in [0.05, 0.1) is 22.4 Å². The van der Waals surface area contributed by atoms with Crippen molar-refractivity contribution in [3.05, 3.63) is 69.5 Å². The standard InChI is InChI=1S/C23H26ClN5O2S/c1-13-10-14(2)20(15(3)11-13)26-19(30)12-32-23-28-27-21(29(23)5)16(4)25-22(31)17-8-6-7-9-18(17)24/h6-11,16H,12H2,1-5H3,(H,25,31)(H,26,30)/t16-/m1/s1. The van der Waals surface area contributed by atoms with Crippen molar-refractivity contribution in [3.8, 4) is 0 Å². The topological polar surface area (TPSA) is 88.9 Å². The summed E-state index contributed by atoms with van der Waals surface area (Å²) in [6, 6.07) is 10.6. The lowest BCUT2D eigenvalue weighted by Gasteiger charge is -2.14. The number of nitrogens with zero attached hydrogens (tertiary/aromatic N) is 3. The monoisotopic (exact) mass is 471 g/mol. The molecule has 0 spiro atoms. The van der Waals surface area contributed by atoms with Crippen molar-refractivity contribution in [3.63, 3.8) is 0 Å². The Kier molecular flexibility index (Phi) is 7.58. The molecular weight excluding hydrogens is 446 g/mol. The Bertz CT molecular complexity index is 1140. The van der Waals surface area contributed by atoms with E-state index in [9.17, 15) is 9.59 Å². The molecule has 0 saturated carbocycles. The summed E-state index contributed by atoms with van der Waals surface area (Å²) in [6.07, 6.45) is 0. The number of aromatic nitrogens is 3. The van der Waals surface area contributed by atoms with E-state index in [2.05, 4.69) is 20.8 Å². The van der Waals surface area contributed by atoms with Gasteiger partial charge in [-0.2, -0.15) is 0 Å². The molecule has 1 heterocycles. The first-order valence-electron chi connectivity index (χ1n) is 10.1. The SMILES string of the molecule is Cc1cc(C)c(NC(=O)CSc2nnc([C@@H](C)NC(=O)c3ccccc3Cl)n2C)c(C)c1. The summed E-state index contributed by atoms with van der Waals surface area (Å²) in [6.45, 7) is 7.82. The fraction of sp³-hybridized carbons (Fsp3) is 0.304. The van der Waals surface area contributed by atoms with Gasteiger partial charge in [-0.05, 0) is 51.0 Å². The summed E-state index contributed by atoms with van der Waals surface area (Å²) in [5, 5.41) is 15.2. The third-order valence-corrected chi connectivity index (χ3v) is 6.35. The molecular formula is C23H26ClN5O2S. The van der Waals surface area contributed by atoms with Crippen LogP contribution in [0.15, 0.2) is 41.6 Å². The number of anilines is 1. The normalized spacial score (nSPS) is 11.8. The average Bonchev–Trinajstić information content (AvgIpc) is 3.09. The van der Waals surface area contributed by atoms with Crippen LogP contribution >= 0.6 is 23.4 Å². The maximum absolute atomic E-state index is 12.5.